The Balaban J connectivity index is 1.64. The Morgan fingerprint density at radius 2 is 2.04 bits per heavy atom. The summed E-state index contributed by atoms with van der Waals surface area (Å²) in [4.78, 5) is 18.0. The summed E-state index contributed by atoms with van der Waals surface area (Å²) in [5, 5.41) is 9.30. The van der Waals surface area contributed by atoms with Gasteiger partial charge in [-0.05, 0) is 49.9 Å². The maximum Gasteiger partial charge on any atom is 0.337 e. The first kappa shape index (κ1) is 15.7. The predicted molar refractivity (Wildman–Crippen MR) is 89.4 cm³/mol. The number of benzene rings is 1. The van der Waals surface area contributed by atoms with Gasteiger partial charge in [0.15, 0.2) is 0 Å². The van der Waals surface area contributed by atoms with E-state index >= 15 is 0 Å². The number of aromatic carboxylic acids is 1. The fourth-order valence-electron chi connectivity index (χ4n) is 3.36. The van der Waals surface area contributed by atoms with Crippen LogP contribution >= 0.6 is 0 Å². The van der Waals surface area contributed by atoms with Crippen molar-refractivity contribution in [3.05, 3.63) is 65.5 Å². The van der Waals surface area contributed by atoms with Crippen molar-refractivity contribution in [2.45, 2.75) is 38.3 Å². The fourth-order valence-corrected chi connectivity index (χ4v) is 3.36. The van der Waals surface area contributed by atoms with Crippen LogP contribution in [-0.4, -0.2) is 33.5 Å². The Bertz CT molecular complexity index is 657. The summed E-state index contributed by atoms with van der Waals surface area (Å²) in [5.74, 6) is -0.895. The lowest BCUT2D eigenvalue weighted by molar-refractivity contribution is 0.0693. The van der Waals surface area contributed by atoms with E-state index in [0.717, 1.165) is 19.4 Å². The maximum atomic E-state index is 11.3. The number of carboxylic acid groups (broad SMARTS) is 1. The zero-order chi connectivity index (χ0) is 16.1. The molecule has 0 aliphatic carbocycles. The van der Waals surface area contributed by atoms with E-state index in [1.807, 2.05) is 6.07 Å². The molecule has 1 aliphatic rings. The van der Waals surface area contributed by atoms with Gasteiger partial charge in [0.1, 0.15) is 0 Å². The van der Waals surface area contributed by atoms with Crippen LogP contribution in [0.4, 0.5) is 0 Å². The van der Waals surface area contributed by atoms with Gasteiger partial charge in [0.2, 0.25) is 0 Å². The molecule has 0 saturated carbocycles. The van der Waals surface area contributed by atoms with Gasteiger partial charge in [-0.2, -0.15) is 0 Å². The van der Waals surface area contributed by atoms with E-state index in [4.69, 9.17) is 0 Å². The van der Waals surface area contributed by atoms with E-state index < -0.39 is 5.97 Å². The molecule has 0 bridgehead atoms. The van der Waals surface area contributed by atoms with Crippen molar-refractivity contribution in [1.29, 1.82) is 0 Å². The SMILES string of the molecule is O=C(O)c1cccnc1CN1CCC[C@H]1CCc1ccccc1. The standard InChI is InChI=1S/C19H22N2O2/c22-19(23)17-9-4-12-20-18(17)14-21-13-5-8-16(21)11-10-15-6-2-1-3-7-15/h1-4,6-7,9,12,16H,5,8,10-11,13-14H2,(H,22,23)/t16-/m0/s1. The highest BCUT2D eigenvalue weighted by Crippen LogP contribution is 2.24. The lowest BCUT2D eigenvalue weighted by Gasteiger charge is -2.24. The predicted octanol–water partition coefficient (Wildman–Crippen LogP) is 3.38. The zero-order valence-corrected chi connectivity index (χ0v) is 13.2. The van der Waals surface area contributed by atoms with Gasteiger partial charge in [0.25, 0.3) is 0 Å². The van der Waals surface area contributed by atoms with E-state index in [0.29, 0.717) is 23.8 Å². The summed E-state index contributed by atoms with van der Waals surface area (Å²) < 4.78 is 0. The minimum absolute atomic E-state index is 0.321. The van der Waals surface area contributed by atoms with Gasteiger partial charge in [-0.3, -0.25) is 9.88 Å². The molecule has 120 valence electrons. The monoisotopic (exact) mass is 310 g/mol. The highest BCUT2D eigenvalue weighted by molar-refractivity contribution is 5.88. The average Bonchev–Trinajstić information content (AvgIpc) is 3.01. The number of hydrogen-bond acceptors (Lipinski definition) is 3. The number of aryl methyl sites for hydroxylation is 1. The number of nitrogens with zero attached hydrogens (tertiary/aromatic N) is 2. The van der Waals surface area contributed by atoms with E-state index in [-0.39, 0.29) is 0 Å². The second kappa shape index (κ2) is 7.38. The van der Waals surface area contributed by atoms with Crippen LogP contribution in [-0.2, 0) is 13.0 Å². The third-order valence-corrected chi connectivity index (χ3v) is 4.58. The molecule has 3 rings (SSSR count). The molecule has 1 aliphatic heterocycles. The Hall–Kier alpha value is -2.20. The molecular formula is C19H22N2O2. The molecule has 2 aromatic rings. The van der Waals surface area contributed by atoms with Gasteiger partial charge in [-0.15, -0.1) is 0 Å². The van der Waals surface area contributed by atoms with Crippen molar-refractivity contribution in [1.82, 2.24) is 9.88 Å². The van der Waals surface area contributed by atoms with Gasteiger partial charge < -0.3 is 5.11 Å². The third-order valence-electron chi connectivity index (χ3n) is 4.58. The number of carbonyl (C=O) groups is 1. The van der Waals surface area contributed by atoms with Crippen LogP contribution in [0.5, 0.6) is 0 Å². The Morgan fingerprint density at radius 3 is 2.83 bits per heavy atom. The molecule has 1 aromatic carbocycles. The van der Waals surface area contributed by atoms with Crippen molar-refractivity contribution < 1.29 is 9.90 Å². The lowest BCUT2D eigenvalue weighted by atomic mass is 10.0. The molecule has 1 N–H and O–H groups in total. The van der Waals surface area contributed by atoms with Crippen molar-refractivity contribution in [2.75, 3.05) is 6.54 Å². The molecule has 4 heteroatoms. The Morgan fingerprint density at radius 1 is 1.22 bits per heavy atom. The molecule has 0 unspecified atom stereocenters. The maximum absolute atomic E-state index is 11.3. The number of pyridine rings is 1. The normalized spacial score (nSPS) is 18.2. The van der Waals surface area contributed by atoms with Gasteiger partial charge in [-0.25, -0.2) is 4.79 Å². The number of carboxylic acids is 1. The molecule has 1 saturated heterocycles. The number of hydrogen-bond donors (Lipinski definition) is 1. The van der Waals surface area contributed by atoms with E-state index in [2.05, 4.69) is 34.1 Å². The molecule has 23 heavy (non-hydrogen) atoms. The molecule has 0 spiro atoms. The molecule has 1 aromatic heterocycles. The topological polar surface area (TPSA) is 53.4 Å². The number of likely N-dealkylation sites (tertiary alicyclic amines) is 1. The quantitative estimate of drug-likeness (QED) is 0.888. The van der Waals surface area contributed by atoms with E-state index in [1.54, 1.807) is 18.3 Å². The third kappa shape index (κ3) is 3.96. The van der Waals surface area contributed by atoms with Crippen molar-refractivity contribution in [3.63, 3.8) is 0 Å². The first-order chi connectivity index (χ1) is 11.2. The van der Waals surface area contributed by atoms with Crippen LogP contribution in [0.15, 0.2) is 48.7 Å². The number of rotatable bonds is 6. The molecular weight excluding hydrogens is 288 g/mol. The van der Waals surface area contributed by atoms with Crippen LogP contribution in [0.2, 0.25) is 0 Å². The van der Waals surface area contributed by atoms with Crippen LogP contribution in [0, 0.1) is 0 Å². The summed E-state index contributed by atoms with van der Waals surface area (Å²) in [6.45, 7) is 1.65. The Labute approximate surface area is 136 Å². The lowest BCUT2D eigenvalue weighted by Crippen LogP contribution is -2.30. The van der Waals surface area contributed by atoms with Gasteiger partial charge in [0, 0.05) is 18.8 Å². The second-order valence-electron chi connectivity index (χ2n) is 6.09. The first-order valence-electron chi connectivity index (χ1n) is 8.19. The molecule has 0 radical (unpaired) electrons. The fraction of sp³-hybridized carbons (Fsp3) is 0.368. The van der Waals surface area contributed by atoms with Crippen molar-refractivity contribution in [2.24, 2.45) is 0 Å². The molecule has 0 amide bonds. The smallest absolute Gasteiger partial charge is 0.337 e. The minimum Gasteiger partial charge on any atom is -0.478 e. The molecule has 4 nitrogen and oxygen atoms in total. The van der Waals surface area contributed by atoms with Gasteiger partial charge in [0.05, 0.1) is 11.3 Å². The van der Waals surface area contributed by atoms with Gasteiger partial charge >= 0.3 is 5.97 Å². The van der Waals surface area contributed by atoms with Gasteiger partial charge in [-0.1, -0.05) is 30.3 Å². The second-order valence-corrected chi connectivity index (χ2v) is 6.09. The average molecular weight is 310 g/mol. The van der Waals surface area contributed by atoms with E-state index in [9.17, 15) is 9.90 Å². The summed E-state index contributed by atoms with van der Waals surface area (Å²) in [6, 6.07) is 14.4. The highest BCUT2D eigenvalue weighted by Gasteiger charge is 2.26. The summed E-state index contributed by atoms with van der Waals surface area (Å²) in [6.07, 6.45) is 6.21. The summed E-state index contributed by atoms with van der Waals surface area (Å²) >= 11 is 0. The van der Waals surface area contributed by atoms with Crippen LogP contribution in [0.1, 0.15) is 40.9 Å². The molecule has 1 fully saturated rings. The number of aromatic nitrogens is 1. The summed E-state index contributed by atoms with van der Waals surface area (Å²) in [5.41, 5.74) is 2.36. The summed E-state index contributed by atoms with van der Waals surface area (Å²) in [7, 11) is 0. The highest BCUT2D eigenvalue weighted by atomic mass is 16.4. The zero-order valence-electron chi connectivity index (χ0n) is 13.2. The first-order valence-corrected chi connectivity index (χ1v) is 8.19. The molecule has 1 atom stereocenters. The van der Waals surface area contributed by atoms with E-state index in [1.165, 1.54) is 18.4 Å². The minimum atomic E-state index is -0.895. The van der Waals surface area contributed by atoms with Crippen LogP contribution in [0.25, 0.3) is 0 Å². The van der Waals surface area contributed by atoms with Crippen molar-refractivity contribution in [3.8, 4) is 0 Å². The van der Waals surface area contributed by atoms with Crippen molar-refractivity contribution >= 4 is 5.97 Å². The molecule has 2 heterocycles. The largest absolute Gasteiger partial charge is 0.478 e. The van der Waals surface area contributed by atoms with Crippen LogP contribution in [0.3, 0.4) is 0 Å². The Kier molecular flexibility index (Phi) is 5.03. The van der Waals surface area contributed by atoms with Crippen LogP contribution < -0.4 is 0 Å².